The topological polar surface area (TPSA) is 95.9 Å². The highest BCUT2D eigenvalue weighted by Crippen LogP contribution is 2.16. The maximum atomic E-state index is 12.4. The third-order valence-corrected chi connectivity index (χ3v) is 11.2. The molecule has 0 heterocycles. The normalized spacial score (nSPS) is 12.6. The van der Waals surface area contributed by atoms with E-state index >= 15 is 0 Å². The highest BCUT2D eigenvalue weighted by atomic mass is 16.5. The average Bonchev–Trinajstić information content (AvgIpc) is 3.16. The summed E-state index contributed by atoms with van der Waals surface area (Å²) in [6.07, 6.45) is 46.4. The summed E-state index contributed by atoms with van der Waals surface area (Å²) in [4.78, 5) is 24.3. The number of nitrogens with one attached hydrogen (secondary N) is 1. The van der Waals surface area contributed by atoms with E-state index in [0.29, 0.717) is 25.9 Å². The molecule has 6 nitrogen and oxygen atoms in total. The number of hydrogen-bond donors (Lipinski definition) is 3. The van der Waals surface area contributed by atoms with E-state index in [2.05, 4.69) is 19.2 Å². The Morgan fingerprint density at radius 1 is 0.453 bits per heavy atom. The van der Waals surface area contributed by atoms with Gasteiger partial charge in [0.05, 0.1) is 25.4 Å². The number of rotatable bonds is 44. The zero-order valence-corrected chi connectivity index (χ0v) is 35.8. The average molecular weight is 752 g/mol. The number of aliphatic hydroxyl groups is 2. The molecule has 2 unspecified atom stereocenters. The van der Waals surface area contributed by atoms with Gasteiger partial charge in [-0.3, -0.25) is 9.59 Å². The number of ether oxygens (including phenoxy) is 1. The maximum absolute atomic E-state index is 12.4. The fraction of sp³-hybridized carbons (Fsp3) is 0.957. The summed E-state index contributed by atoms with van der Waals surface area (Å²) in [5.74, 6) is -0.0441. The first-order valence-corrected chi connectivity index (χ1v) is 23.8. The van der Waals surface area contributed by atoms with Crippen molar-refractivity contribution in [3.05, 3.63) is 0 Å². The summed E-state index contributed by atoms with van der Waals surface area (Å²) in [5.41, 5.74) is 0. The van der Waals surface area contributed by atoms with Gasteiger partial charge in [0.25, 0.3) is 0 Å². The van der Waals surface area contributed by atoms with Crippen LogP contribution in [0.3, 0.4) is 0 Å². The van der Waals surface area contributed by atoms with Crippen LogP contribution in [-0.2, 0) is 14.3 Å². The first kappa shape index (κ1) is 51.9. The Morgan fingerprint density at radius 2 is 0.774 bits per heavy atom. The molecule has 0 fully saturated rings. The van der Waals surface area contributed by atoms with E-state index in [9.17, 15) is 19.8 Å². The quantitative estimate of drug-likeness (QED) is 0.0425. The predicted molar refractivity (Wildman–Crippen MR) is 227 cm³/mol. The summed E-state index contributed by atoms with van der Waals surface area (Å²) >= 11 is 0. The van der Waals surface area contributed by atoms with Crippen molar-refractivity contribution in [2.45, 2.75) is 276 Å². The third-order valence-electron chi connectivity index (χ3n) is 11.2. The van der Waals surface area contributed by atoms with Crippen LogP contribution in [0.25, 0.3) is 0 Å². The van der Waals surface area contributed by atoms with Gasteiger partial charge in [0.1, 0.15) is 0 Å². The molecule has 0 aliphatic carbocycles. The number of hydrogen-bond acceptors (Lipinski definition) is 5. The molecule has 3 N–H and O–H groups in total. The van der Waals surface area contributed by atoms with Gasteiger partial charge in [0.15, 0.2) is 0 Å². The van der Waals surface area contributed by atoms with Gasteiger partial charge in [-0.25, -0.2) is 0 Å². The fourth-order valence-electron chi connectivity index (χ4n) is 7.46. The van der Waals surface area contributed by atoms with E-state index < -0.39 is 12.1 Å². The molecule has 53 heavy (non-hydrogen) atoms. The minimum atomic E-state index is -0.665. The summed E-state index contributed by atoms with van der Waals surface area (Å²) in [6, 6.07) is -0.543. The van der Waals surface area contributed by atoms with Crippen molar-refractivity contribution in [3.8, 4) is 0 Å². The largest absolute Gasteiger partial charge is 0.466 e. The van der Waals surface area contributed by atoms with E-state index in [0.717, 1.165) is 44.9 Å². The summed E-state index contributed by atoms with van der Waals surface area (Å²) in [7, 11) is 0. The zero-order valence-electron chi connectivity index (χ0n) is 35.8. The zero-order chi connectivity index (χ0) is 38.7. The number of carbonyl (C=O) groups excluding carboxylic acids is 2. The van der Waals surface area contributed by atoms with Crippen molar-refractivity contribution in [3.63, 3.8) is 0 Å². The van der Waals surface area contributed by atoms with Crippen LogP contribution in [0.1, 0.15) is 264 Å². The molecule has 6 heteroatoms. The van der Waals surface area contributed by atoms with E-state index in [1.807, 2.05) is 0 Å². The molecule has 0 saturated heterocycles. The molecular weight excluding hydrogens is 659 g/mol. The number of amides is 1. The fourth-order valence-corrected chi connectivity index (χ4v) is 7.46. The van der Waals surface area contributed by atoms with Crippen LogP contribution in [-0.4, -0.2) is 47.4 Å². The van der Waals surface area contributed by atoms with Crippen LogP contribution in [0.15, 0.2) is 0 Å². The van der Waals surface area contributed by atoms with Gasteiger partial charge in [-0.05, 0) is 25.7 Å². The van der Waals surface area contributed by atoms with Crippen LogP contribution in [0.5, 0.6) is 0 Å². The number of aliphatic hydroxyl groups excluding tert-OH is 2. The minimum Gasteiger partial charge on any atom is -0.466 e. The number of carbonyl (C=O) groups is 2. The number of esters is 1. The molecule has 1 amide bonds. The molecular formula is C47H93NO5. The monoisotopic (exact) mass is 752 g/mol. The van der Waals surface area contributed by atoms with Crippen LogP contribution in [0.2, 0.25) is 0 Å². The van der Waals surface area contributed by atoms with Gasteiger partial charge in [0.2, 0.25) is 5.91 Å². The molecule has 0 aromatic heterocycles. The second kappa shape index (κ2) is 43.6. The molecule has 0 aromatic rings. The molecule has 0 saturated carbocycles. The highest BCUT2D eigenvalue weighted by Gasteiger charge is 2.20. The Hall–Kier alpha value is -1.14. The van der Waals surface area contributed by atoms with Gasteiger partial charge in [0, 0.05) is 12.8 Å². The van der Waals surface area contributed by atoms with Crippen molar-refractivity contribution in [2.24, 2.45) is 0 Å². The van der Waals surface area contributed by atoms with Crippen molar-refractivity contribution in [1.82, 2.24) is 5.32 Å². The molecule has 0 radical (unpaired) electrons. The van der Waals surface area contributed by atoms with Crippen molar-refractivity contribution in [2.75, 3.05) is 13.2 Å². The van der Waals surface area contributed by atoms with Crippen LogP contribution in [0.4, 0.5) is 0 Å². The molecule has 0 rings (SSSR count). The van der Waals surface area contributed by atoms with Gasteiger partial charge in [-0.1, -0.05) is 226 Å². The Kier molecular flexibility index (Phi) is 42.6. The van der Waals surface area contributed by atoms with Gasteiger partial charge in [-0.15, -0.1) is 0 Å². The standard InChI is InChI=1S/C47H93NO5/c1-3-5-7-9-11-13-14-21-25-29-33-37-41-47(52)53-42-38-34-30-26-22-19-17-15-16-18-20-24-28-32-36-40-46(51)48-44(43-49)45(50)39-35-31-27-23-12-10-8-6-4-2/h44-45,49-50H,3-43H2,1-2H3,(H,48,51). The van der Waals surface area contributed by atoms with Crippen LogP contribution in [0, 0.1) is 0 Å². The third kappa shape index (κ3) is 40.3. The van der Waals surface area contributed by atoms with Gasteiger partial charge < -0.3 is 20.3 Å². The smallest absolute Gasteiger partial charge is 0.305 e. The molecule has 0 spiro atoms. The van der Waals surface area contributed by atoms with Gasteiger partial charge >= 0.3 is 5.97 Å². The molecule has 0 aliphatic rings. The first-order chi connectivity index (χ1) is 26.0. The lowest BCUT2D eigenvalue weighted by Gasteiger charge is -2.22. The molecule has 0 aromatic carbocycles. The molecule has 0 aliphatic heterocycles. The second-order valence-corrected chi connectivity index (χ2v) is 16.5. The molecule has 0 bridgehead atoms. The van der Waals surface area contributed by atoms with Crippen LogP contribution < -0.4 is 5.32 Å². The summed E-state index contributed by atoms with van der Waals surface area (Å²) in [6.45, 7) is 4.91. The minimum absolute atomic E-state index is 0.00123. The van der Waals surface area contributed by atoms with Gasteiger partial charge in [-0.2, -0.15) is 0 Å². The van der Waals surface area contributed by atoms with Crippen molar-refractivity contribution < 1.29 is 24.5 Å². The Bertz CT molecular complexity index is 746. The van der Waals surface area contributed by atoms with Crippen LogP contribution >= 0.6 is 0 Å². The lowest BCUT2D eigenvalue weighted by Crippen LogP contribution is -2.45. The Balaban J connectivity index is 3.40. The lowest BCUT2D eigenvalue weighted by molar-refractivity contribution is -0.143. The first-order valence-electron chi connectivity index (χ1n) is 23.8. The predicted octanol–water partition coefficient (Wildman–Crippen LogP) is 13.6. The van der Waals surface area contributed by atoms with E-state index in [1.165, 1.54) is 186 Å². The second-order valence-electron chi connectivity index (χ2n) is 16.5. The summed E-state index contributed by atoms with van der Waals surface area (Å²) < 4.78 is 5.45. The van der Waals surface area contributed by atoms with Crippen molar-refractivity contribution in [1.29, 1.82) is 0 Å². The molecule has 316 valence electrons. The van der Waals surface area contributed by atoms with E-state index in [4.69, 9.17) is 4.74 Å². The molecule has 2 atom stereocenters. The maximum Gasteiger partial charge on any atom is 0.305 e. The Labute approximate surface area is 330 Å². The number of unbranched alkanes of at least 4 members (excludes halogenated alkanes) is 33. The van der Waals surface area contributed by atoms with E-state index in [1.54, 1.807) is 0 Å². The Morgan fingerprint density at radius 3 is 1.15 bits per heavy atom. The van der Waals surface area contributed by atoms with Crippen molar-refractivity contribution >= 4 is 11.9 Å². The summed E-state index contributed by atoms with van der Waals surface area (Å²) in [5, 5.41) is 23.0. The highest BCUT2D eigenvalue weighted by molar-refractivity contribution is 5.76. The lowest BCUT2D eigenvalue weighted by atomic mass is 10.0. The SMILES string of the molecule is CCCCCCCCCCCCCCC(=O)OCCCCCCCCCCCCCCCCCC(=O)NC(CO)C(O)CCCCCCCCCCC. The van der Waals surface area contributed by atoms with E-state index in [-0.39, 0.29) is 18.5 Å².